The lowest BCUT2D eigenvalue weighted by Gasteiger charge is -1.86. The van der Waals surface area contributed by atoms with Gasteiger partial charge >= 0.3 is 0 Å². The fourth-order valence-corrected chi connectivity index (χ4v) is 0.204. The van der Waals surface area contributed by atoms with Crippen molar-refractivity contribution in [3.05, 3.63) is 10.5 Å². The summed E-state index contributed by atoms with van der Waals surface area (Å²) in [5, 5.41) is 0. The molecule has 6 heavy (non-hydrogen) atoms. The summed E-state index contributed by atoms with van der Waals surface area (Å²) in [6.45, 7) is 4.19. The summed E-state index contributed by atoms with van der Waals surface area (Å²) in [7, 11) is 0. The van der Waals surface area contributed by atoms with E-state index in [1.165, 1.54) is 4.44 Å². The maximum absolute atomic E-state index is 2.67. The second-order valence-corrected chi connectivity index (χ2v) is 1.96. The third-order valence-electron chi connectivity index (χ3n) is 0.779. The molecule has 0 aromatic heterocycles. The fourth-order valence-electron chi connectivity index (χ4n) is 0.204. The Balaban J connectivity index is 3.22. The Morgan fingerprint density at radius 2 is 2.33 bits per heavy atom. The van der Waals surface area contributed by atoms with Crippen LogP contribution in [-0.4, -0.2) is 16.3 Å². The van der Waals surface area contributed by atoms with Gasteiger partial charge in [-0.2, -0.15) is 4.44 Å². The minimum absolute atomic E-state index is 1.15. The number of allylic oxidation sites excluding steroid dienone is 2. The highest BCUT2D eigenvalue weighted by molar-refractivity contribution is 6.21. The molecule has 0 atom stereocenters. The summed E-state index contributed by atoms with van der Waals surface area (Å²) in [5.74, 6) is 0. The molecule has 0 aliphatic carbocycles. The van der Waals surface area contributed by atoms with Crippen molar-refractivity contribution in [2.45, 2.75) is 20.3 Å². The maximum atomic E-state index is 2.67. The van der Waals surface area contributed by atoms with Crippen LogP contribution in [0.1, 0.15) is 20.3 Å². The smallest absolute Gasteiger partial charge is 0.163 e. The zero-order chi connectivity index (χ0) is 4.99. The van der Waals surface area contributed by atoms with Gasteiger partial charge in [0.05, 0.1) is 0 Å². The Morgan fingerprint density at radius 3 is 2.33 bits per heavy atom. The second-order valence-electron chi connectivity index (χ2n) is 1.22. The molecule has 0 nitrogen and oxygen atoms in total. The quantitative estimate of drug-likeness (QED) is 0.433. The van der Waals surface area contributed by atoms with Crippen molar-refractivity contribution >= 4 is 16.3 Å². The lowest BCUT2D eigenvalue weighted by atomic mass is 10.4. The molecule has 0 unspecified atom stereocenters. The predicted octanol–water partition coefficient (Wildman–Crippen LogP) is 1.47. The molecule has 0 aromatic rings. The van der Waals surface area contributed by atoms with Crippen molar-refractivity contribution in [1.82, 2.24) is 0 Å². The number of rotatable bonds is 1. The summed E-state index contributed by atoms with van der Waals surface area (Å²) in [4.78, 5) is 0. The molecule has 0 aromatic carbocycles. The Kier molecular flexibility index (Phi) is 3.62. The number of hydrogen-bond donors (Lipinski definition) is 0. The SMILES string of the molecule is CC=[C]([Al])CC. The van der Waals surface area contributed by atoms with E-state index >= 15 is 0 Å². The average molecular weight is 96.1 g/mol. The lowest BCUT2D eigenvalue weighted by molar-refractivity contribution is 1.19. The van der Waals surface area contributed by atoms with Crippen molar-refractivity contribution in [2.75, 3.05) is 0 Å². The molecule has 0 saturated carbocycles. The van der Waals surface area contributed by atoms with E-state index in [0.29, 0.717) is 0 Å². The van der Waals surface area contributed by atoms with Gasteiger partial charge in [-0.3, -0.25) is 0 Å². The maximum Gasteiger partial charge on any atom is 0.167 e. The van der Waals surface area contributed by atoms with Gasteiger partial charge in [-0.25, -0.2) is 0 Å². The van der Waals surface area contributed by atoms with Crippen LogP contribution in [0.4, 0.5) is 0 Å². The highest BCUT2D eigenvalue weighted by Gasteiger charge is 1.72. The first-order valence-corrected chi connectivity index (χ1v) is 2.79. The lowest BCUT2D eigenvalue weighted by Crippen LogP contribution is -1.72. The van der Waals surface area contributed by atoms with E-state index in [1.54, 1.807) is 0 Å². The molecule has 1 heteroatoms. The first-order chi connectivity index (χ1) is 2.81. The Morgan fingerprint density at radius 1 is 1.83 bits per heavy atom. The molecule has 32 valence electrons. The van der Waals surface area contributed by atoms with E-state index in [2.05, 4.69) is 29.3 Å². The first kappa shape index (κ1) is 6.27. The predicted molar refractivity (Wildman–Crippen MR) is 29.8 cm³/mol. The van der Waals surface area contributed by atoms with Crippen LogP contribution in [0.25, 0.3) is 0 Å². The zero-order valence-electron chi connectivity index (χ0n) is 4.36. The Labute approximate surface area is 47.7 Å². The Hall–Kier alpha value is 0.272. The third kappa shape index (κ3) is 2.51. The van der Waals surface area contributed by atoms with E-state index in [-0.39, 0.29) is 0 Å². The van der Waals surface area contributed by atoms with Crippen molar-refractivity contribution in [2.24, 2.45) is 0 Å². The van der Waals surface area contributed by atoms with E-state index in [9.17, 15) is 0 Å². The van der Waals surface area contributed by atoms with E-state index in [4.69, 9.17) is 0 Å². The van der Waals surface area contributed by atoms with Gasteiger partial charge in [0.15, 0.2) is 16.3 Å². The van der Waals surface area contributed by atoms with Crippen LogP contribution in [0.15, 0.2) is 10.5 Å². The van der Waals surface area contributed by atoms with Crippen LogP contribution in [-0.2, 0) is 0 Å². The van der Waals surface area contributed by atoms with E-state index in [0.717, 1.165) is 6.42 Å². The largest absolute Gasteiger partial charge is 0.167 e. The molecule has 0 heterocycles. The molecule has 0 spiro atoms. The van der Waals surface area contributed by atoms with Gasteiger partial charge in [0.25, 0.3) is 0 Å². The van der Waals surface area contributed by atoms with Crippen molar-refractivity contribution in [1.29, 1.82) is 0 Å². The molecule has 0 rings (SSSR count). The van der Waals surface area contributed by atoms with Crippen molar-refractivity contribution < 1.29 is 0 Å². The highest BCUT2D eigenvalue weighted by Crippen LogP contribution is 1.89. The average Bonchev–Trinajstić information content (AvgIpc) is 1.65. The molecule has 0 amide bonds. The summed E-state index contributed by atoms with van der Waals surface area (Å²) in [6.07, 6.45) is 3.26. The molecule has 0 bridgehead atoms. The molecule has 2 radical (unpaired) electrons. The van der Waals surface area contributed by atoms with Crippen LogP contribution >= 0.6 is 0 Å². The van der Waals surface area contributed by atoms with E-state index in [1.807, 2.05) is 6.92 Å². The first-order valence-electron chi connectivity index (χ1n) is 2.22. The molecule has 0 aliphatic rings. The Bertz CT molecular complexity index is 55.0. The zero-order valence-corrected chi connectivity index (χ0v) is 5.52. The molecular formula is C5H9Al. The van der Waals surface area contributed by atoms with E-state index < -0.39 is 0 Å². The summed E-state index contributed by atoms with van der Waals surface area (Å²) in [5.41, 5.74) is 0. The van der Waals surface area contributed by atoms with Gasteiger partial charge in [0.2, 0.25) is 0 Å². The number of hydrogen-bond acceptors (Lipinski definition) is 0. The van der Waals surface area contributed by atoms with Crippen molar-refractivity contribution in [3.8, 4) is 0 Å². The van der Waals surface area contributed by atoms with Gasteiger partial charge in [-0.15, -0.1) is 6.08 Å². The minimum atomic E-state index is 1.15. The van der Waals surface area contributed by atoms with Crippen LogP contribution in [0, 0.1) is 0 Å². The standard InChI is InChI=1S/C5H9.Al/c1-3-5-4-2;/h3H,4H2,1-2H3;. The van der Waals surface area contributed by atoms with Gasteiger partial charge in [-0.1, -0.05) is 13.3 Å². The molecule has 0 saturated heterocycles. The molecule has 0 aliphatic heterocycles. The topological polar surface area (TPSA) is 0 Å². The van der Waals surface area contributed by atoms with Crippen LogP contribution in [0.3, 0.4) is 0 Å². The highest BCUT2D eigenvalue weighted by atomic mass is 27.0. The molecular weight excluding hydrogens is 87.0 g/mol. The van der Waals surface area contributed by atoms with Gasteiger partial charge in [0, 0.05) is 0 Å². The summed E-state index contributed by atoms with van der Waals surface area (Å²) in [6, 6.07) is 0. The monoisotopic (exact) mass is 96.1 g/mol. The van der Waals surface area contributed by atoms with Crippen LogP contribution in [0.5, 0.6) is 0 Å². The fraction of sp³-hybridized carbons (Fsp3) is 0.600. The van der Waals surface area contributed by atoms with Gasteiger partial charge in [0.1, 0.15) is 0 Å². The molecule has 0 N–H and O–H groups in total. The van der Waals surface area contributed by atoms with Crippen LogP contribution in [0.2, 0.25) is 0 Å². The van der Waals surface area contributed by atoms with Gasteiger partial charge < -0.3 is 0 Å². The van der Waals surface area contributed by atoms with Gasteiger partial charge in [-0.05, 0) is 6.92 Å². The van der Waals surface area contributed by atoms with Crippen molar-refractivity contribution in [3.63, 3.8) is 0 Å². The third-order valence-corrected chi connectivity index (χ3v) is 1.52. The molecule has 0 fully saturated rings. The normalized spacial score (nSPS) is 12.0. The second kappa shape index (κ2) is 3.46. The minimum Gasteiger partial charge on any atom is -0.163 e. The van der Waals surface area contributed by atoms with Crippen LogP contribution < -0.4 is 0 Å². The summed E-state index contributed by atoms with van der Waals surface area (Å²) >= 11 is 2.67. The summed E-state index contributed by atoms with van der Waals surface area (Å²) < 4.78 is 1.38.